The molecule has 0 atom stereocenters. The van der Waals surface area contributed by atoms with Crippen molar-refractivity contribution in [2.24, 2.45) is 0 Å². The van der Waals surface area contributed by atoms with Gasteiger partial charge in [0.25, 0.3) is 5.56 Å². The number of carbonyl (C=O) groups is 1. The van der Waals surface area contributed by atoms with Gasteiger partial charge in [0.1, 0.15) is 23.3 Å². The van der Waals surface area contributed by atoms with Crippen LogP contribution in [0.2, 0.25) is 5.02 Å². The van der Waals surface area contributed by atoms with E-state index in [0.29, 0.717) is 27.5 Å². The van der Waals surface area contributed by atoms with E-state index in [1.165, 1.54) is 10.9 Å². The monoisotopic (exact) mass is 472 g/mol. The zero-order valence-corrected chi connectivity index (χ0v) is 19.1. The van der Waals surface area contributed by atoms with Crippen molar-refractivity contribution in [2.75, 3.05) is 12.4 Å². The smallest absolute Gasteiger partial charge is 0.278 e. The van der Waals surface area contributed by atoms with Gasteiger partial charge in [0, 0.05) is 10.4 Å². The van der Waals surface area contributed by atoms with Gasteiger partial charge in [-0.15, -0.1) is 0 Å². The Bertz CT molecular complexity index is 1590. The van der Waals surface area contributed by atoms with Gasteiger partial charge in [0.15, 0.2) is 0 Å². The van der Waals surface area contributed by atoms with Gasteiger partial charge in [-0.25, -0.2) is 4.98 Å². The van der Waals surface area contributed by atoms with Crippen LogP contribution in [0.3, 0.4) is 0 Å². The molecule has 0 saturated heterocycles. The number of aromatic nitrogens is 3. The number of methoxy groups -OCH3 is 1. The van der Waals surface area contributed by atoms with Crippen LogP contribution in [-0.4, -0.2) is 27.1 Å². The highest BCUT2D eigenvalue weighted by atomic mass is 35.5. The van der Waals surface area contributed by atoms with Crippen LogP contribution >= 0.6 is 11.6 Å². The van der Waals surface area contributed by atoms with Crippen molar-refractivity contribution < 1.29 is 9.53 Å². The molecule has 170 valence electrons. The lowest BCUT2D eigenvalue weighted by Gasteiger charge is -2.12. The Hall–Kier alpha value is -4.10. The molecule has 0 saturated carbocycles. The average Bonchev–Trinajstić information content (AvgIpc) is 3.16. The van der Waals surface area contributed by atoms with Crippen LogP contribution in [0.25, 0.3) is 21.9 Å². The molecule has 0 unspecified atom stereocenters. The molecule has 2 heterocycles. The number of fused-ring (bicyclic) bond motifs is 3. The molecular formula is C26H21ClN4O3. The summed E-state index contributed by atoms with van der Waals surface area (Å²) in [4.78, 5) is 31.2. The Balaban J connectivity index is 1.59. The number of ether oxygens (including phenoxy) is 1. The fourth-order valence-electron chi connectivity index (χ4n) is 4.12. The van der Waals surface area contributed by atoms with Crippen molar-refractivity contribution >= 4 is 45.1 Å². The normalized spacial score (nSPS) is 11.1. The van der Waals surface area contributed by atoms with Crippen molar-refractivity contribution in [3.8, 4) is 5.75 Å². The summed E-state index contributed by atoms with van der Waals surface area (Å²) in [5, 5.41) is 4.26. The lowest BCUT2D eigenvalue weighted by Crippen LogP contribution is -2.25. The zero-order chi connectivity index (χ0) is 23.7. The second-order valence-corrected chi connectivity index (χ2v) is 8.23. The topological polar surface area (TPSA) is 78.2 Å². The van der Waals surface area contributed by atoms with Crippen LogP contribution < -0.4 is 15.6 Å². The number of para-hydroxylation sites is 3. The molecule has 8 heteroatoms. The van der Waals surface area contributed by atoms with Gasteiger partial charge in [-0.05, 0) is 29.8 Å². The van der Waals surface area contributed by atoms with E-state index in [9.17, 15) is 9.59 Å². The number of nitrogens with zero attached hydrogens (tertiary/aromatic N) is 3. The molecule has 2 aromatic heterocycles. The first-order chi connectivity index (χ1) is 16.6. The summed E-state index contributed by atoms with van der Waals surface area (Å²) < 4.78 is 8.55. The molecule has 0 spiro atoms. The summed E-state index contributed by atoms with van der Waals surface area (Å²) in [6, 6.07) is 22.1. The maximum Gasteiger partial charge on any atom is 0.278 e. The summed E-state index contributed by atoms with van der Waals surface area (Å²) in [5.74, 6) is 0.273. The number of benzene rings is 3. The molecule has 7 nitrogen and oxygen atoms in total. The van der Waals surface area contributed by atoms with Crippen LogP contribution in [-0.2, 0) is 17.9 Å². The van der Waals surface area contributed by atoms with Gasteiger partial charge in [0.2, 0.25) is 5.91 Å². The van der Waals surface area contributed by atoms with E-state index in [1.807, 2.05) is 54.6 Å². The summed E-state index contributed by atoms with van der Waals surface area (Å²) in [6.07, 6.45) is 1.53. The van der Waals surface area contributed by atoms with Crippen molar-refractivity contribution in [2.45, 2.75) is 13.1 Å². The fourth-order valence-corrected chi connectivity index (χ4v) is 4.31. The Morgan fingerprint density at radius 3 is 2.59 bits per heavy atom. The van der Waals surface area contributed by atoms with Gasteiger partial charge in [0.05, 0.1) is 31.2 Å². The number of halogens is 1. The van der Waals surface area contributed by atoms with Crippen LogP contribution in [0.4, 0.5) is 5.69 Å². The predicted octanol–water partition coefficient (Wildman–Crippen LogP) is 4.70. The van der Waals surface area contributed by atoms with Crippen molar-refractivity contribution in [3.05, 3.63) is 100 Å². The standard InChI is InChI=1S/C26H21ClN4O3/c1-34-22-13-7-5-11-20(22)29-23(32)15-31-21-12-6-3-9-18(21)24-25(31)26(33)30(16-28-24)14-17-8-2-4-10-19(17)27/h2-13,16H,14-15H2,1H3,(H,29,32). The first-order valence-corrected chi connectivity index (χ1v) is 11.1. The number of hydrogen-bond donors (Lipinski definition) is 1. The zero-order valence-electron chi connectivity index (χ0n) is 18.4. The molecule has 1 N–H and O–H groups in total. The van der Waals surface area contributed by atoms with E-state index in [1.54, 1.807) is 29.9 Å². The van der Waals surface area contributed by atoms with Gasteiger partial charge in [-0.2, -0.15) is 0 Å². The van der Waals surface area contributed by atoms with Gasteiger partial charge in [-0.3, -0.25) is 14.2 Å². The van der Waals surface area contributed by atoms with Crippen LogP contribution in [0, 0.1) is 0 Å². The minimum absolute atomic E-state index is 0.0604. The van der Waals surface area contributed by atoms with Gasteiger partial charge < -0.3 is 14.6 Å². The second kappa shape index (κ2) is 9.03. The van der Waals surface area contributed by atoms with E-state index in [0.717, 1.165) is 16.5 Å². The fraction of sp³-hybridized carbons (Fsp3) is 0.115. The van der Waals surface area contributed by atoms with Crippen molar-refractivity contribution in [1.29, 1.82) is 0 Å². The largest absolute Gasteiger partial charge is 0.495 e. The van der Waals surface area contributed by atoms with Crippen molar-refractivity contribution in [3.63, 3.8) is 0 Å². The Kier molecular flexibility index (Phi) is 5.77. The number of hydrogen-bond acceptors (Lipinski definition) is 4. The van der Waals surface area contributed by atoms with Gasteiger partial charge >= 0.3 is 0 Å². The third-order valence-corrected chi connectivity index (χ3v) is 6.08. The average molecular weight is 473 g/mol. The molecule has 0 aliphatic heterocycles. The predicted molar refractivity (Wildman–Crippen MR) is 134 cm³/mol. The minimum Gasteiger partial charge on any atom is -0.495 e. The summed E-state index contributed by atoms with van der Waals surface area (Å²) >= 11 is 6.31. The number of amides is 1. The molecule has 5 aromatic rings. The highest BCUT2D eigenvalue weighted by molar-refractivity contribution is 6.31. The van der Waals surface area contributed by atoms with Crippen LogP contribution in [0.15, 0.2) is 83.9 Å². The summed E-state index contributed by atoms with van der Waals surface area (Å²) in [7, 11) is 1.55. The third kappa shape index (κ3) is 3.91. The number of nitrogens with one attached hydrogen (secondary N) is 1. The lowest BCUT2D eigenvalue weighted by atomic mass is 10.2. The van der Waals surface area contributed by atoms with E-state index in [4.69, 9.17) is 16.3 Å². The SMILES string of the molecule is COc1ccccc1NC(=O)Cn1c2ccccc2c2ncn(Cc3ccccc3Cl)c(=O)c21. The van der Waals surface area contributed by atoms with E-state index in [-0.39, 0.29) is 24.6 Å². The van der Waals surface area contributed by atoms with E-state index in [2.05, 4.69) is 10.3 Å². The first-order valence-electron chi connectivity index (χ1n) is 10.7. The quantitative estimate of drug-likeness (QED) is 0.388. The molecule has 0 bridgehead atoms. The lowest BCUT2D eigenvalue weighted by molar-refractivity contribution is -0.116. The third-order valence-electron chi connectivity index (χ3n) is 5.72. The molecule has 3 aromatic carbocycles. The molecule has 0 aliphatic rings. The summed E-state index contributed by atoms with van der Waals surface area (Å²) in [5.41, 5.74) is 2.81. The van der Waals surface area contributed by atoms with Crippen LogP contribution in [0.5, 0.6) is 5.75 Å². The molecule has 1 amide bonds. The van der Waals surface area contributed by atoms with Crippen molar-refractivity contribution in [1.82, 2.24) is 14.1 Å². The number of carbonyl (C=O) groups excluding carboxylic acids is 1. The maximum absolute atomic E-state index is 13.6. The minimum atomic E-state index is -0.284. The van der Waals surface area contributed by atoms with E-state index < -0.39 is 0 Å². The Labute approximate surface area is 200 Å². The Morgan fingerprint density at radius 2 is 1.76 bits per heavy atom. The molecular weight excluding hydrogens is 452 g/mol. The number of anilines is 1. The van der Waals surface area contributed by atoms with Crippen LogP contribution in [0.1, 0.15) is 5.56 Å². The Morgan fingerprint density at radius 1 is 1.03 bits per heavy atom. The number of rotatable bonds is 6. The first kappa shape index (κ1) is 21.7. The highest BCUT2D eigenvalue weighted by Gasteiger charge is 2.19. The maximum atomic E-state index is 13.6. The molecule has 0 radical (unpaired) electrons. The second-order valence-electron chi connectivity index (χ2n) is 7.82. The highest BCUT2D eigenvalue weighted by Crippen LogP contribution is 2.27. The van der Waals surface area contributed by atoms with Gasteiger partial charge in [-0.1, -0.05) is 60.1 Å². The van der Waals surface area contributed by atoms with E-state index >= 15 is 0 Å². The molecule has 5 rings (SSSR count). The molecule has 0 aliphatic carbocycles. The molecule has 34 heavy (non-hydrogen) atoms. The molecule has 0 fully saturated rings. The summed E-state index contributed by atoms with van der Waals surface area (Å²) in [6.45, 7) is 0.214.